The summed E-state index contributed by atoms with van der Waals surface area (Å²) in [5.74, 6) is 0.101. The maximum Gasteiger partial charge on any atom is 0.0955 e. The fourth-order valence-electron chi connectivity index (χ4n) is 1.96. The Morgan fingerprint density at radius 3 is 3.06 bits per heavy atom. The second kappa shape index (κ2) is 5.65. The lowest BCUT2D eigenvalue weighted by molar-refractivity contribution is 0.553. The summed E-state index contributed by atoms with van der Waals surface area (Å²) in [6, 6.07) is 8.57. The molecule has 0 saturated heterocycles. The maximum atomic E-state index is 8.86. The lowest BCUT2D eigenvalue weighted by Gasteiger charge is -2.08. The van der Waals surface area contributed by atoms with Gasteiger partial charge < -0.3 is 9.88 Å². The minimum atomic E-state index is 0.101. The Kier molecular flexibility index (Phi) is 3.96. The number of hydrogen-bond acceptors (Lipinski definition) is 3. The van der Waals surface area contributed by atoms with Crippen LogP contribution in [0.4, 0.5) is 0 Å². The van der Waals surface area contributed by atoms with Gasteiger partial charge in [0, 0.05) is 20.1 Å². The van der Waals surface area contributed by atoms with Gasteiger partial charge in [-0.15, -0.1) is 0 Å². The monoisotopic (exact) mass is 242 g/mol. The predicted octanol–water partition coefficient (Wildman–Crippen LogP) is 2.21. The van der Waals surface area contributed by atoms with Crippen LogP contribution in [0.15, 0.2) is 24.5 Å². The van der Waals surface area contributed by atoms with Crippen LogP contribution in [-0.2, 0) is 13.6 Å². The molecule has 1 heterocycles. The fourth-order valence-corrected chi connectivity index (χ4v) is 1.96. The van der Waals surface area contributed by atoms with Crippen LogP contribution in [0, 0.1) is 17.2 Å². The first-order chi connectivity index (χ1) is 8.74. The number of aryl methyl sites for hydroxylation is 1. The minimum Gasteiger partial charge on any atom is -0.334 e. The van der Waals surface area contributed by atoms with Crippen molar-refractivity contribution in [2.24, 2.45) is 13.0 Å². The first-order valence-electron chi connectivity index (χ1n) is 6.25. The molecule has 1 atom stereocenters. The summed E-state index contributed by atoms with van der Waals surface area (Å²) in [5, 5.41) is 12.2. The summed E-state index contributed by atoms with van der Waals surface area (Å²) < 4.78 is 2.01. The maximum absolute atomic E-state index is 8.86. The highest BCUT2D eigenvalue weighted by molar-refractivity contribution is 5.75. The predicted molar refractivity (Wildman–Crippen MR) is 71.8 cm³/mol. The standard InChI is InChI=1S/C14H18N4/c1-3-11(7-15)8-16-9-12-4-5-14-13(6-12)17-10-18(14)2/h4-6,10-11,16H,3,8-9H2,1-2H3. The molecule has 0 bridgehead atoms. The quantitative estimate of drug-likeness (QED) is 0.874. The number of hydrogen-bond donors (Lipinski definition) is 1. The van der Waals surface area contributed by atoms with Gasteiger partial charge in [0.15, 0.2) is 0 Å². The number of benzene rings is 1. The van der Waals surface area contributed by atoms with Crippen molar-refractivity contribution in [2.75, 3.05) is 6.54 Å². The molecule has 1 unspecified atom stereocenters. The molecule has 0 amide bonds. The Balaban J connectivity index is 1.98. The topological polar surface area (TPSA) is 53.6 Å². The van der Waals surface area contributed by atoms with Gasteiger partial charge in [-0.1, -0.05) is 13.0 Å². The SMILES string of the molecule is CCC(C#N)CNCc1ccc2c(c1)ncn2C. The van der Waals surface area contributed by atoms with Crippen molar-refractivity contribution < 1.29 is 0 Å². The number of rotatable bonds is 5. The normalized spacial score (nSPS) is 12.5. The van der Waals surface area contributed by atoms with Crippen LogP contribution < -0.4 is 5.32 Å². The number of nitrogens with one attached hydrogen (secondary N) is 1. The van der Waals surface area contributed by atoms with Crippen LogP contribution in [0.25, 0.3) is 11.0 Å². The zero-order valence-corrected chi connectivity index (χ0v) is 10.8. The highest BCUT2D eigenvalue weighted by Gasteiger charge is 2.04. The van der Waals surface area contributed by atoms with Gasteiger partial charge in [0.1, 0.15) is 0 Å². The van der Waals surface area contributed by atoms with E-state index in [2.05, 4.69) is 34.6 Å². The first-order valence-corrected chi connectivity index (χ1v) is 6.25. The van der Waals surface area contributed by atoms with Crippen molar-refractivity contribution in [1.29, 1.82) is 5.26 Å². The molecule has 94 valence electrons. The summed E-state index contributed by atoms with van der Waals surface area (Å²) in [5.41, 5.74) is 3.36. The molecule has 0 fully saturated rings. The second-order valence-electron chi connectivity index (χ2n) is 4.54. The van der Waals surface area contributed by atoms with Gasteiger partial charge in [0.05, 0.1) is 29.3 Å². The second-order valence-corrected chi connectivity index (χ2v) is 4.54. The van der Waals surface area contributed by atoms with E-state index in [0.717, 1.165) is 30.5 Å². The van der Waals surface area contributed by atoms with E-state index in [0.29, 0.717) is 0 Å². The van der Waals surface area contributed by atoms with E-state index in [-0.39, 0.29) is 5.92 Å². The molecule has 1 N–H and O–H groups in total. The molecule has 0 aliphatic rings. The zero-order valence-electron chi connectivity index (χ0n) is 10.8. The summed E-state index contributed by atoms with van der Waals surface area (Å²) in [4.78, 5) is 4.34. The van der Waals surface area contributed by atoms with Gasteiger partial charge in [0.25, 0.3) is 0 Å². The molecule has 1 aromatic carbocycles. The van der Waals surface area contributed by atoms with Gasteiger partial charge in [-0.3, -0.25) is 0 Å². The van der Waals surface area contributed by atoms with Gasteiger partial charge >= 0.3 is 0 Å². The van der Waals surface area contributed by atoms with Gasteiger partial charge in [-0.05, 0) is 24.1 Å². The number of nitriles is 1. The van der Waals surface area contributed by atoms with Crippen molar-refractivity contribution in [3.05, 3.63) is 30.1 Å². The van der Waals surface area contributed by atoms with Crippen LogP contribution in [0.2, 0.25) is 0 Å². The van der Waals surface area contributed by atoms with Crippen LogP contribution in [-0.4, -0.2) is 16.1 Å². The lowest BCUT2D eigenvalue weighted by atomic mass is 10.1. The van der Waals surface area contributed by atoms with Gasteiger partial charge in [-0.25, -0.2) is 4.98 Å². The number of aromatic nitrogens is 2. The Morgan fingerprint density at radius 1 is 1.50 bits per heavy atom. The Labute approximate surface area is 107 Å². The molecule has 1 aromatic heterocycles. The Morgan fingerprint density at radius 2 is 2.33 bits per heavy atom. The van der Waals surface area contributed by atoms with E-state index >= 15 is 0 Å². The Bertz CT molecular complexity index is 565. The van der Waals surface area contributed by atoms with Crippen LogP contribution >= 0.6 is 0 Å². The summed E-state index contributed by atoms with van der Waals surface area (Å²) in [6.45, 7) is 3.56. The fraction of sp³-hybridized carbons (Fsp3) is 0.429. The molecular formula is C14H18N4. The highest BCUT2D eigenvalue weighted by atomic mass is 15.0. The molecular weight excluding hydrogens is 224 g/mol. The van der Waals surface area contributed by atoms with Crippen LogP contribution in [0.5, 0.6) is 0 Å². The molecule has 0 aliphatic heterocycles. The Hall–Kier alpha value is -1.86. The van der Waals surface area contributed by atoms with E-state index in [1.54, 1.807) is 0 Å². The van der Waals surface area contributed by atoms with Crippen LogP contribution in [0.1, 0.15) is 18.9 Å². The van der Waals surface area contributed by atoms with Gasteiger partial charge in [-0.2, -0.15) is 5.26 Å². The molecule has 4 heteroatoms. The molecule has 0 radical (unpaired) electrons. The molecule has 18 heavy (non-hydrogen) atoms. The molecule has 4 nitrogen and oxygen atoms in total. The van der Waals surface area contributed by atoms with Crippen molar-refractivity contribution in [2.45, 2.75) is 19.9 Å². The largest absolute Gasteiger partial charge is 0.334 e. The van der Waals surface area contributed by atoms with Crippen molar-refractivity contribution >= 4 is 11.0 Å². The average molecular weight is 242 g/mol. The number of fused-ring (bicyclic) bond motifs is 1. The van der Waals surface area contributed by atoms with E-state index in [4.69, 9.17) is 5.26 Å². The highest BCUT2D eigenvalue weighted by Crippen LogP contribution is 2.13. The number of imidazole rings is 1. The zero-order chi connectivity index (χ0) is 13.0. The van der Waals surface area contributed by atoms with Gasteiger partial charge in [0.2, 0.25) is 0 Å². The van der Waals surface area contributed by atoms with Crippen molar-refractivity contribution in [1.82, 2.24) is 14.9 Å². The summed E-state index contributed by atoms with van der Waals surface area (Å²) in [7, 11) is 1.99. The van der Waals surface area contributed by atoms with Crippen LogP contribution in [0.3, 0.4) is 0 Å². The third kappa shape index (κ3) is 2.69. The van der Waals surface area contributed by atoms with E-state index in [1.165, 1.54) is 5.56 Å². The average Bonchev–Trinajstić information content (AvgIpc) is 2.76. The third-order valence-corrected chi connectivity index (χ3v) is 3.19. The van der Waals surface area contributed by atoms with Crippen molar-refractivity contribution in [3.8, 4) is 6.07 Å². The van der Waals surface area contributed by atoms with E-state index in [9.17, 15) is 0 Å². The lowest BCUT2D eigenvalue weighted by Crippen LogP contribution is -2.21. The van der Waals surface area contributed by atoms with E-state index < -0.39 is 0 Å². The summed E-state index contributed by atoms with van der Waals surface area (Å²) >= 11 is 0. The van der Waals surface area contributed by atoms with Crippen molar-refractivity contribution in [3.63, 3.8) is 0 Å². The molecule has 2 aromatic rings. The molecule has 2 rings (SSSR count). The smallest absolute Gasteiger partial charge is 0.0955 e. The molecule has 0 spiro atoms. The molecule has 0 aliphatic carbocycles. The third-order valence-electron chi connectivity index (χ3n) is 3.19. The first kappa shape index (κ1) is 12.6. The van der Waals surface area contributed by atoms with E-state index in [1.807, 2.05) is 24.9 Å². The number of nitrogens with zero attached hydrogens (tertiary/aromatic N) is 3. The summed E-state index contributed by atoms with van der Waals surface area (Å²) in [6.07, 6.45) is 2.72. The molecule has 0 saturated carbocycles. The minimum absolute atomic E-state index is 0.101.